The molecule has 2 N–H and O–H groups in total. The first-order valence-corrected chi connectivity index (χ1v) is 6.71. The second-order valence-corrected chi connectivity index (χ2v) is 5.14. The standard InChI is InChI=1S/C10H13N5O2S/c16-15(17)9-8(12-7-1-3-11-4-2-7)13-10-14(9)5-6-18-10/h5-7,11-12H,1-4H2. The summed E-state index contributed by atoms with van der Waals surface area (Å²) in [6.07, 6.45) is 3.60. The van der Waals surface area contributed by atoms with Gasteiger partial charge in [0.15, 0.2) is 0 Å². The lowest BCUT2D eigenvalue weighted by molar-refractivity contribution is -0.389. The van der Waals surface area contributed by atoms with E-state index in [0.717, 1.165) is 25.9 Å². The highest BCUT2D eigenvalue weighted by Crippen LogP contribution is 2.29. The Labute approximate surface area is 107 Å². The largest absolute Gasteiger partial charge is 0.372 e. The first kappa shape index (κ1) is 11.4. The predicted octanol–water partition coefficient (Wildman–Crippen LogP) is 1.47. The van der Waals surface area contributed by atoms with Gasteiger partial charge in [0.2, 0.25) is 5.82 Å². The van der Waals surface area contributed by atoms with Crippen LogP contribution in [0.2, 0.25) is 0 Å². The summed E-state index contributed by atoms with van der Waals surface area (Å²) in [7, 11) is 0. The molecule has 3 heterocycles. The molecule has 1 aliphatic rings. The Morgan fingerprint density at radius 3 is 3.06 bits per heavy atom. The summed E-state index contributed by atoms with van der Waals surface area (Å²) < 4.78 is 1.52. The molecule has 1 saturated heterocycles. The van der Waals surface area contributed by atoms with Crippen molar-refractivity contribution in [2.24, 2.45) is 0 Å². The van der Waals surface area contributed by atoms with Gasteiger partial charge in [-0.2, -0.15) is 9.38 Å². The number of imidazole rings is 1. The molecule has 3 rings (SSSR count). The van der Waals surface area contributed by atoms with Crippen LogP contribution in [0.1, 0.15) is 12.8 Å². The van der Waals surface area contributed by atoms with Crippen LogP contribution in [0, 0.1) is 10.1 Å². The zero-order valence-corrected chi connectivity index (χ0v) is 10.4. The van der Waals surface area contributed by atoms with Crippen LogP contribution in [0.25, 0.3) is 4.96 Å². The van der Waals surface area contributed by atoms with Crippen molar-refractivity contribution >= 4 is 27.9 Å². The minimum absolute atomic E-state index is 0.0322. The number of hydrogen-bond acceptors (Lipinski definition) is 6. The van der Waals surface area contributed by atoms with Crippen molar-refractivity contribution in [3.8, 4) is 0 Å². The summed E-state index contributed by atoms with van der Waals surface area (Å²) in [5.74, 6) is 0.420. The van der Waals surface area contributed by atoms with Crippen molar-refractivity contribution in [2.45, 2.75) is 18.9 Å². The molecule has 0 unspecified atom stereocenters. The van der Waals surface area contributed by atoms with E-state index in [-0.39, 0.29) is 16.8 Å². The number of nitrogens with one attached hydrogen (secondary N) is 2. The minimum Gasteiger partial charge on any atom is -0.360 e. The first-order chi connectivity index (χ1) is 8.75. The predicted molar refractivity (Wildman–Crippen MR) is 69.2 cm³/mol. The number of nitrogens with zero attached hydrogens (tertiary/aromatic N) is 3. The van der Waals surface area contributed by atoms with Crippen molar-refractivity contribution in [1.82, 2.24) is 14.7 Å². The lowest BCUT2D eigenvalue weighted by Crippen LogP contribution is -2.35. The van der Waals surface area contributed by atoms with E-state index in [9.17, 15) is 10.1 Å². The lowest BCUT2D eigenvalue weighted by Gasteiger charge is -2.23. The Morgan fingerprint density at radius 2 is 2.33 bits per heavy atom. The number of nitro groups is 1. The average molecular weight is 267 g/mol. The van der Waals surface area contributed by atoms with Crippen LogP contribution in [0.5, 0.6) is 0 Å². The third-order valence-corrected chi connectivity index (χ3v) is 3.85. The molecule has 2 aromatic rings. The number of aromatic nitrogens is 2. The molecule has 0 saturated carbocycles. The van der Waals surface area contributed by atoms with Crippen LogP contribution >= 0.6 is 11.3 Å². The molecule has 0 bridgehead atoms. The number of fused-ring (bicyclic) bond motifs is 1. The Hall–Kier alpha value is -1.67. The normalized spacial score (nSPS) is 17.1. The quantitative estimate of drug-likeness (QED) is 0.649. The molecule has 0 atom stereocenters. The summed E-state index contributed by atoms with van der Waals surface area (Å²) in [5, 5.41) is 19.4. The van der Waals surface area contributed by atoms with E-state index >= 15 is 0 Å². The van der Waals surface area contributed by atoms with Gasteiger partial charge in [-0.15, -0.1) is 0 Å². The van der Waals surface area contributed by atoms with Gasteiger partial charge >= 0.3 is 5.82 Å². The molecule has 0 radical (unpaired) electrons. The maximum atomic E-state index is 11.1. The van der Waals surface area contributed by atoms with Gasteiger partial charge in [0.05, 0.1) is 0 Å². The van der Waals surface area contributed by atoms with E-state index in [4.69, 9.17) is 0 Å². The summed E-state index contributed by atoms with van der Waals surface area (Å²) >= 11 is 1.40. The molecule has 7 nitrogen and oxygen atoms in total. The maximum absolute atomic E-state index is 11.1. The molecule has 1 aliphatic heterocycles. The Morgan fingerprint density at radius 1 is 1.56 bits per heavy atom. The second kappa shape index (κ2) is 4.54. The van der Waals surface area contributed by atoms with Gasteiger partial charge in [-0.3, -0.25) is 0 Å². The Balaban J connectivity index is 1.92. The van der Waals surface area contributed by atoms with Crippen molar-refractivity contribution in [2.75, 3.05) is 18.4 Å². The molecular formula is C10H13N5O2S. The topological polar surface area (TPSA) is 84.5 Å². The van der Waals surface area contributed by atoms with Crippen LogP contribution in [0.4, 0.5) is 11.6 Å². The monoisotopic (exact) mass is 267 g/mol. The summed E-state index contributed by atoms with van der Waals surface area (Å²) in [4.78, 5) is 15.7. The minimum atomic E-state index is -0.379. The molecule has 96 valence electrons. The van der Waals surface area contributed by atoms with E-state index in [0.29, 0.717) is 10.8 Å². The molecule has 0 spiro atoms. The molecule has 18 heavy (non-hydrogen) atoms. The fourth-order valence-electron chi connectivity index (χ4n) is 2.20. The highest BCUT2D eigenvalue weighted by molar-refractivity contribution is 7.15. The van der Waals surface area contributed by atoms with Crippen LogP contribution < -0.4 is 10.6 Å². The van der Waals surface area contributed by atoms with Crippen molar-refractivity contribution in [3.05, 3.63) is 21.7 Å². The van der Waals surface area contributed by atoms with Gasteiger partial charge in [-0.05, 0) is 30.9 Å². The number of anilines is 1. The molecule has 0 aromatic carbocycles. The Kier molecular flexibility index (Phi) is 2.88. The third-order valence-electron chi connectivity index (χ3n) is 3.09. The van der Waals surface area contributed by atoms with E-state index in [1.54, 1.807) is 11.6 Å². The molecule has 8 heteroatoms. The van der Waals surface area contributed by atoms with Crippen LogP contribution in [-0.4, -0.2) is 33.4 Å². The molecule has 0 aliphatic carbocycles. The highest BCUT2D eigenvalue weighted by atomic mass is 32.1. The molecular weight excluding hydrogens is 254 g/mol. The van der Waals surface area contributed by atoms with Gasteiger partial charge in [-0.1, -0.05) is 11.3 Å². The van der Waals surface area contributed by atoms with Crippen molar-refractivity contribution in [3.63, 3.8) is 0 Å². The van der Waals surface area contributed by atoms with Crippen LogP contribution in [0.15, 0.2) is 11.6 Å². The summed E-state index contributed by atoms with van der Waals surface area (Å²) in [6, 6.07) is 0.259. The highest BCUT2D eigenvalue weighted by Gasteiger charge is 2.25. The van der Waals surface area contributed by atoms with E-state index in [1.165, 1.54) is 15.7 Å². The fourth-order valence-corrected chi connectivity index (χ4v) is 2.91. The van der Waals surface area contributed by atoms with Crippen LogP contribution in [0.3, 0.4) is 0 Å². The molecule has 0 amide bonds. The third kappa shape index (κ3) is 1.93. The summed E-state index contributed by atoms with van der Waals surface area (Å²) in [5.41, 5.74) is 0. The molecule has 2 aromatic heterocycles. The Bertz CT molecular complexity index is 572. The molecule has 1 fully saturated rings. The van der Waals surface area contributed by atoms with Crippen molar-refractivity contribution in [1.29, 1.82) is 0 Å². The van der Waals surface area contributed by atoms with Gasteiger partial charge in [0.25, 0.3) is 4.96 Å². The number of rotatable bonds is 3. The zero-order chi connectivity index (χ0) is 12.5. The SMILES string of the molecule is O=[N+]([O-])c1c(NC2CCNCC2)nc2sccn12. The first-order valence-electron chi connectivity index (χ1n) is 5.83. The van der Waals surface area contributed by atoms with Crippen molar-refractivity contribution < 1.29 is 4.92 Å². The fraction of sp³-hybridized carbons (Fsp3) is 0.500. The zero-order valence-electron chi connectivity index (χ0n) is 9.63. The lowest BCUT2D eigenvalue weighted by atomic mass is 10.1. The average Bonchev–Trinajstić information content (AvgIpc) is 2.89. The number of hydrogen-bond donors (Lipinski definition) is 2. The van der Waals surface area contributed by atoms with E-state index in [1.807, 2.05) is 0 Å². The summed E-state index contributed by atoms with van der Waals surface area (Å²) in [6.45, 7) is 1.88. The maximum Gasteiger partial charge on any atom is 0.372 e. The number of piperidine rings is 1. The van der Waals surface area contributed by atoms with Gasteiger partial charge in [0, 0.05) is 11.4 Å². The van der Waals surface area contributed by atoms with Gasteiger partial charge in [-0.25, -0.2) is 0 Å². The smallest absolute Gasteiger partial charge is 0.360 e. The van der Waals surface area contributed by atoms with Gasteiger partial charge in [0.1, 0.15) is 6.20 Å². The van der Waals surface area contributed by atoms with E-state index in [2.05, 4.69) is 15.6 Å². The number of thiazole rings is 1. The second-order valence-electron chi connectivity index (χ2n) is 4.27. The van der Waals surface area contributed by atoms with Gasteiger partial charge < -0.3 is 20.7 Å². The van der Waals surface area contributed by atoms with E-state index < -0.39 is 0 Å². The van der Waals surface area contributed by atoms with Crippen LogP contribution in [-0.2, 0) is 0 Å².